The van der Waals surface area contributed by atoms with Crippen molar-refractivity contribution in [2.75, 3.05) is 14.2 Å². The van der Waals surface area contributed by atoms with Crippen molar-refractivity contribution < 1.29 is 24.0 Å². The van der Waals surface area contributed by atoms with E-state index < -0.39 is 22.7 Å². The number of carbonyl (C=O) groups excluding carboxylic acids is 2. The highest BCUT2D eigenvalue weighted by molar-refractivity contribution is 6.45. The van der Waals surface area contributed by atoms with Crippen LogP contribution in [0.3, 0.4) is 0 Å². The SMILES string of the molecule is COc1ccc([C@@H](C)NC(=O)C(=O)c2c[nH]c3ccc([N+](=O)[O-])cc23)cc1OC. The maximum atomic E-state index is 12.6. The molecular formula is C20H19N3O6. The van der Waals surface area contributed by atoms with E-state index in [1.807, 2.05) is 0 Å². The van der Waals surface area contributed by atoms with Crippen molar-refractivity contribution in [3.63, 3.8) is 0 Å². The number of H-pyrrole nitrogens is 1. The number of benzene rings is 2. The van der Waals surface area contributed by atoms with Gasteiger partial charge in [0.25, 0.3) is 17.4 Å². The number of nitro benzene ring substituents is 1. The van der Waals surface area contributed by atoms with E-state index in [4.69, 9.17) is 9.47 Å². The number of ether oxygens (including phenoxy) is 2. The predicted octanol–water partition coefficient (Wildman–Crippen LogP) is 3.15. The van der Waals surface area contributed by atoms with Crippen LogP contribution >= 0.6 is 0 Å². The molecule has 0 aliphatic rings. The van der Waals surface area contributed by atoms with Crippen molar-refractivity contribution in [3.8, 4) is 11.5 Å². The first-order chi connectivity index (χ1) is 13.8. The Kier molecular flexibility index (Phi) is 5.49. The van der Waals surface area contributed by atoms with Crippen molar-refractivity contribution in [1.82, 2.24) is 10.3 Å². The van der Waals surface area contributed by atoms with Gasteiger partial charge in [-0.05, 0) is 30.7 Å². The van der Waals surface area contributed by atoms with Gasteiger partial charge >= 0.3 is 0 Å². The van der Waals surface area contributed by atoms with Gasteiger partial charge in [0, 0.05) is 29.2 Å². The minimum Gasteiger partial charge on any atom is -0.493 e. The maximum Gasteiger partial charge on any atom is 0.292 e. The number of ketones is 1. The number of non-ortho nitro benzene ring substituents is 1. The van der Waals surface area contributed by atoms with Crippen molar-refractivity contribution in [2.45, 2.75) is 13.0 Å². The number of amides is 1. The average molecular weight is 397 g/mol. The molecule has 0 bridgehead atoms. The van der Waals surface area contributed by atoms with Gasteiger partial charge in [0.2, 0.25) is 0 Å². The number of hydrogen-bond donors (Lipinski definition) is 2. The number of Topliss-reactive ketones (excluding diaryl/α,β-unsaturated/α-hetero) is 1. The number of aromatic nitrogens is 1. The fourth-order valence-electron chi connectivity index (χ4n) is 3.00. The van der Waals surface area contributed by atoms with Gasteiger partial charge < -0.3 is 19.8 Å². The smallest absolute Gasteiger partial charge is 0.292 e. The van der Waals surface area contributed by atoms with Gasteiger partial charge in [-0.15, -0.1) is 0 Å². The standard InChI is InChI=1S/C20H19N3O6/c1-11(12-4-7-17(28-2)18(8-12)29-3)22-20(25)19(24)15-10-21-16-6-5-13(23(26)27)9-14(15)16/h4-11,21H,1-3H3,(H,22,25)/t11-/m1/s1. The summed E-state index contributed by atoms with van der Waals surface area (Å²) in [4.78, 5) is 38.4. The number of nitrogens with one attached hydrogen (secondary N) is 2. The molecular weight excluding hydrogens is 378 g/mol. The quantitative estimate of drug-likeness (QED) is 0.273. The number of fused-ring (bicyclic) bond motifs is 1. The second-order valence-electron chi connectivity index (χ2n) is 6.33. The molecule has 9 heteroatoms. The summed E-state index contributed by atoms with van der Waals surface area (Å²) in [5, 5.41) is 14.0. The summed E-state index contributed by atoms with van der Waals surface area (Å²) in [6.07, 6.45) is 1.37. The lowest BCUT2D eigenvalue weighted by Crippen LogP contribution is -2.33. The van der Waals surface area contributed by atoms with E-state index in [1.165, 1.54) is 38.6 Å². The summed E-state index contributed by atoms with van der Waals surface area (Å²) in [5.74, 6) is -0.559. The number of nitrogens with zero attached hydrogens (tertiary/aromatic N) is 1. The first-order valence-corrected chi connectivity index (χ1v) is 8.68. The molecule has 1 amide bonds. The molecule has 150 valence electrons. The summed E-state index contributed by atoms with van der Waals surface area (Å²) >= 11 is 0. The van der Waals surface area contributed by atoms with Crippen molar-refractivity contribution in [2.24, 2.45) is 0 Å². The van der Waals surface area contributed by atoms with Gasteiger partial charge in [-0.3, -0.25) is 19.7 Å². The van der Waals surface area contributed by atoms with E-state index in [0.717, 1.165) is 5.56 Å². The van der Waals surface area contributed by atoms with Gasteiger partial charge in [0.15, 0.2) is 11.5 Å². The Bertz CT molecular complexity index is 1100. The van der Waals surface area contributed by atoms with Crippen LogP contribution in [0.1, 0.15) is 28.9 Å². The van der Waals surface area contributed by atoms with Crippen LogP contribution in [0.15, 0.2) is 42.6 Å². The molecule has 9 nitrogen and oxygen atoms in total. The summed E-state index contributed by atoms with van der Waals surface area (Å²) in [7, 11) is 3.03. The van der Waals surface area contributed by atoms with Crippen molar-refractivity contribution >= 4 is 28.3 Å². The second-order valence-corrected chi connectivity index (χ2v) is 6.33. The van der Waals surface area contributed by atoms with Crippen molar-refractivity contribution in [1.29, 1.82) is 0 Å². The van der Waals surface area contributed by atoms with Crippen LogP contribution in [0, 0.1) is 10.1 Å². The minimum absolute atomic E-state index is 0.0701. The topological polar surface area (TPSA) is 124 Å². The van der Waals surface area contributed by atoms with Crippen LogP contribution in [0.25, 0.3) is 10.9 Å². The number of aromatic amines is 1. The van der Waals surface area contributed by atoms with Gasteiger partial charge in [-0.2, -0.15) is 0 Å². The lowest BCUT2D eigenvalue weighted by atomic mass is 10.1. The fraction of sp³-hybridized carbons (Fsp3) is 0.200. The van der Waals surface area contributed by atoms with E-state index in [1.54, 1.807) is 25.1 Å². The number of hydrogen-bond acceptors (Lipinski definition) is 6. The Hall–Kier alpha value is -3.88. The highest BCUT2D eigenvalue weighted by atomic mass is 16.6. The summed E-state index contributed by atoms with van der Waals surface area (Å²) in [6.45, 7) is 1.73. The highest BCUT2D eigenvalue weighted by Gasteiger charge is 2.23. The molecule has 0 aliphatic carbocycles. The number of nitro groups is 1. The minimum atomic E-state index is -0.820. The van der Waals surface area contributed by atoms with E-state index in [2.05, 4.69) is 10.3 Å². The Morgan fingerprint density at radius 2 is 1.83 bits per heavy atom. The maximum absolute atomic E-state index is 12.6. The summed E-state index contributed by atoms with van der Waals surface area (Å²) in [5.41, 5.74) is 1.16. The van der Waals surface area contributed by atoms with E-state index in [9.17, 15) is 19.7 Å². The molecule has 1 aromatic heterocycles. The Morgan fingerprint density at radius 3 is 2.48 bits per heavy atom. The van der Waals surface area contributed by atoms with E-state index in [-0.39, 0.29) is 11.3 Å². The van der Waals surface area contributed by atoms with Crippen LogP contribution in [-0.2, 0) is 4.79 Å². The lowest BCUT2D eigenvalue weighted by molar-refractivity contribution is -0.384. The molecule has 0 radical (unpaired) electrons. The van der Waals surface area contributed by atoms with E-state index in [0.29, 0.717) is 22.4 Å². The van der Waals surface area contributed by atoms with Crippen LogP contribution < -0.4 is 14.8 Å². The zero-order chi connectivity index (χ0) is 21.1. The first kappa shape index (κ1) is 19.9. The molecule has 0 saturated carbocycles. The average Bonchev–Trinajstić information content (AvgIpc) is 3.15. The fourth-order valence-corrected chi connectivity index (χ4v) is 3.00. The molecule has 2 aromatic carbocycles. The second kappa shape index (κ2) is 8.01. The molecule has 2 N–H and O–H groups in total. The van der Waals surface area contributed by atoms with Gasteiger partial charge in [0.1, 0.15) is 0 Å². The van der Waals surface area contributed by atoms with E-state index >= 15 is 0 Å². The Labute approximate surface area is 165 Å². The number of rotatable bonds is 7. The zero-order valence-corrected chi connectivity index (χ0v) is 16.0. The predicted molar refractivity (Wildman–Crippen MR) is 105 cm³/mol. The molecule has 1 atom stereocenters. The van der Waals surface area contributed by atoms with Gasteiger partial charge in [-0.1, -0.05) is 6.07 Å². The summed E-state index contributed by atoms with van der Waals surface area (Å²) in [6, 6.07) is 8.78. The molecule has 0 saturated heterocycles. The third-order valence-electron chi connectivity index (χ3n) is 4.58. The lowest BCUT2D eigenvalue weighted by Gasteiger charge is -2.16. The molecule has 0 fully saturated rings. The third-order valence-corrected chi connectivity index (χ3v) is 4.58. The van der Waals surface area contributed by atoms with Crippen LogP contribution in [-0.4, -0.2) is 35.8 Å². The first-order valence-electron chi connectivity index (χ1n) is 8.68. The molecule has 29 heavy (non-hydrogen) atoms. The molecule has 0 unspecified atom stereocenters. The largest absolute Gasteiger partial charge is 0.493 e. The van der Waals surface area contributed by atoms with Crippen molar-refractivity contribution in [3.05, 3.63) is 63.8 Å². The zero-order valence-electron chi connectivity index (χ0n) is 16.0. The third kappa shape index (κ3) is 3.88. The van der Waals surface area contributed by atoms with Crippen LogP contribution in [0.5, 0.6) is 11.5 Å². The normalized spacial score (nSPS) is 11.7. The van der Waals surface area contributed by atoms with Gasteiger partial charge in [-0.25, -0.2) is 0 Å². The molecule has 1 heterocycles. The monoisotopic (exact) mass is 397 g/mol. The number of carbonyl (C=O) groups is 2. The van der Waals surface area contributed by atoms with Crippen LogP contribution in [0.2, 0.25) is 0 Å². The van der Waals surface area contributed by atoms with Gasteiger partial charge in [0.05, 0.1) is 30.7 Å². The highest BCUT2D eigenvalue weighted by Crippen LogP contribution is 2.30. The molecule has 3 aromatic rings. The van der Waals surface area contributed by atoms with Crippen LogP contribution in [0.4, 0.5) is 5.69 Å². The molecule has 3 rings (SSSR count). The Morgan fingerprint density at radius 1 is 1.10 bits per heavy atom. The Balaban J connectivity index is 1.82. The molecule has 0 aliphatic heterocycles. The number of methoxy groups -OCH3 is 2. The summed E-state index contributed by atoms with van der Waals surface area (Å²) < 4.78 is 10.4. The molecule has 0 spiro atoms.